The third kappa shape index (κ3) is 1.70. The van der Waals surface area contributed by atoms with Gasteiger partial charge in [0.25, 0.3) is 5.91 Å². The zero-order valence-corrected chi connectivity index (χ0v) is 8.95. The zero-order chi connectivity index (χ0) is 10.7. The minimum atomic E-state index is -0.468. The summed E-state index contributed by atoms with van der Waals surface area (Å²) in [5.41, 5.74) is 0. The van der Waals surface area contributed by atoms with Gasteiger partial charge in [0, 0.05) is 13.6 Å². The van der Waals surface area contributed by atoms with E-state index in [1.165, 1.54) is 11.1 Å². The molecule has 1 aliphatic heterocycles. The molecule has 1 amide bonds. The van der Waals surface area contributed by atoms with Crippen LogP contribution in [0.5, 0.6) is 0 Å². The van der Waals surface area contributed by atoms with Gasteiger partial charge in [-0.1, -0.05) is 5.16 Å². The highest BCUT2D eigenvalue weighted by molar-refractivity contribution is 7.80. The monoisotopic (exact) mass is 214 g/mol. The number of thiocarbonyl (C=S) groups is 1. The van der Waals surface area contributed by atoms with Crippen LogP contribution in [0.2, 0.25) is 0 Å². The van der Waals surface area contributed by atoms with E-state index in [0.717, 1.165) is 0 Å². The van der Waals surface area contributed by atoms with Gasteiger partial charge in [-0.25, -0.2) is 0 Å². The van der Waals surface area contributed by atoms with Gasteiger partial charge in [0.15, 0.2) is 12.2 Å². The summed E-state index contributed by atoms with van der Waals surface area (Å²) in [5, 5.41) is 3.98. The van der Waals surface area contributed by atoms with Gasteiger partial charge in [0.2, 0.25) is 0 Å². The first-order valence-electron chi connectivity index (χ1n) is 4.16. The predicted molar refractivity (Wildman–Crippen MR) is 56.5 cm³/mol. The Balaban J connectivity index is 2.83. The number of hydrogen-bond acceptors (Lipinski definition) is 4. The molecular formula is C8H12N3O2S. The second kappa shape index (κ2) is 4.36. The van der Waals surface area contributed by atoms with Gasteiger partial charge < -0.3 is 9.74 Å². The zero-order valence-electron chi connectivity index (χ0n) is 8.14. The fraction of sp³-hybridized carbons (Fsp3) is 0.500. The fourth-order valence-electron chi connectivity index (χ4n) is 1.28. The van der Waals surface area contributed by atoms with E-state index >= 15 is 0 Å². The Kier molecular flexibility index (Phi) is 3.40. The maximum Gasteiger partial charge on any atom is 0.257 e. The molecule has 1 aliphatic rings. The van der Waals surface area contributed by atoms with Gasteiger partial charge in [-0.05, 0) is 19.1 Å². The molecule has 0 aromatic heterocycles. The van der Waals surface area contributed by atoms with Crippen molar-refractivity contribution in [2.45, 2.75) is 13.0 Å². The van der Waals surface area contributed by atoms with Crippen LogP contribution in [0.1, 0.15) is 6.92 Å². The van der Waals surface area contributed by atoms with Crippen molar-refractivity contribution in [3.63, 3.8) is 0 Å². The summed E-state index contributed by atoms with van der Waals surface area (Å²) in [7, 11) is 4.83. The molecule has 5 nitrogen and oxygen atoms in total. The molecule has 0 bridgehead atoms. The summed E-state index contributed by atoms with van der Waals surface area (Å²) in [5.74, 6) is -0.0826. The number of amides is 1. The van der Waals surface area contributed by atoms with E-state index in [4.69, 9.17) is 12.2 Å². The van der Waals surface area contributed by atoms with Crippen LogP contribution in [0.4, 0.5) is 0 Å². The molecule has 14 heavy (non-hydrogen) atoms. The third-order valence-corrected chi connectivity index (χ3v) is 2.57. The second-order valence-electron chi connectivity index (χ2n) is 2.80. The van der Waals surface area contributed by atoms with Gasteiger partial charge in [-0.15, -0.1) is 0 Å². The molecule has 0 aromatic carbocycles. The maximum absolute atomic E-state index is 11.7. The van der Waals surface area contributed by atoms with Crippen LogP contribution in [-0.2, 0) is 9.63 Å². The van der Waals surface area contributed by atoms with Crippen molar-refractivity contribution in [2.24, 2.45) is 5.16 Å². The van der Waals surface area contributed by atoms with Crippen LogP contribution in [-0.4, -0.2) is 46.7 Å². The van der Waals surface area contributed by atoms with E-state index in [2.05, 4.69) is 17.1 Å². The smallest absolute Gasteiger partial charge is 0.257 e. The Bertz CT molecular complexity index is 280. The van der Waals surface area contributed by atoms with Crippen LogP contribution >= 0.6 is 12.2 Å². The summed E-state index contributed by atoms with van der Waals surface area (Å²) in [6, 6.07) is -0.468. The quantitative estimate of drug-likeness (QED) is 0.383. The lowest BCUT2D eigenvalue weighted by Crippen LogP contribution is -2.32. The Morgan fingerprint density at radius 2 is 2.43 bits per heavy atom. The molecule has 1 radical (unpaired) electrons. The van der Waals surface area contributed by atoms with E-state index in [-0.39, 0.29) is 5.91 Å². The van der Waals surface area contributed by atoms with Crippen LogP contribution in [0.3, 0.4) is 0 Å². The van der Waals surface area contributed by atoms with Crippen molar-refractivity contribution < 1.29 is 9.63 Å². The van der Waals surface area contributed by atoms with E-state index in [0.29, 0.717) is 11.7 Å². The molecule has 77 valence electrons. The van der Waals surface area contributed by atoms with Crippen molar-refractivity contribution in [3.8, 4) is 0 Å². The molecular weight excluding hydrogens is 202 g/mol. The van der Waals surface area contributed by atoms with Crippen molar-refractivity contribution >= 4 is 29.5 Å². The first kappa shape index (κ1) is 10.9. The summed E-state index contributed by atoms with van der Waals surface area (Å²) in [6.07, 6.45) is 1.39. The van der Waals surface area contributed by atoms with E-state index in [1.54, 1.807) is 11.9 Å². The van der Waals surface area contributed by atoms with E-state index in [1.807, 2.05) is 6.92 Å². The molecule has 0 saturated carbocycles. The normalized spacial score (nSPS) is 22.6. The molecule has 0 aliphatic carbocycles. The van der Waals surface area contributed by atoms with Crippen molar-refractivity contribution in [1.29, 1.82) is 0 Å². The molecule has 1 unspecified atom stereocenters. The summed E-state index contributed by atoms with van der Waals surface area (Å²) < 4.78 is 0. The molecule has 1 heterocycles. The number of hydrogen-bond donors (Lipinski definition) is 0. The average molecular weight is 214 g/mol. The van der Waals surface area contributed by atoms with Crippen LogP contribution in [0.15, 0.2) is 5.16 Å². The molecule has 1 atom stereocenters. The highest BCUT2D eigenvalue weighted by atomic mass is 32.1. The first-order chi connectivity index (χ1) is 6.63. The number of carbonyl (C=O) groups excluding carboxylic acids is 1. The van der Waals surface area contributed by atoms with Crippen LogP contribution in [0, 0.1) is 7.11 Å². The van der Waals surface area contributed by atoms with Gasteiger partial charge >= 0.3 is 0 Å². The Hall–Kier alpha value is -1.17. The summed E-state index contributed by atoms with van der Waals surface area (Å²) >= 11 is 5.08. The van der Waals surface area contributed by atoms with E-state index < -0.39 is 6.04 Å². The standard InChI is InChI=1S/C8H12N3O2S/c1-4-11-7(12)6(5-9-13-3)10(2)8(11)14/h5-6H,3-4H2,1-2H3/b9-5+. The largest absolute Gasteiger partial charge is 0.392 e. The minimum absolute atomic E-state index is 0.0826. The molecule has 6 heteroatoms. The van der Waals surface area contributed by atoms with Gasteiger partial charge in [0.05, 0.1) is 6.21 Å². The van der Waals surface area contributed by atoms with Crippen molar-refractivity contribution in [2.75, 3.05) is 13.6 Å². The van der Waals surface area contributed by atoms with Gasteiger partial charge in [-0.3, -0.25) is 9.69 Å². The summed E-state index contributed by atoms with van der Waals surface area (Å²) in [4.78, 5) is 19.2. The SMILES string of the molecule is [CH2]O/N=C/C1C(=O)N(CC)C(=S)N1C. The maximum atomic E-state index is 11.7. The average Bonchev–Trinajstić information content (AvgIpc) is 2.37. The predicted octanol–water partition coefficient (Wildman–Crippen LogP) is 0.228. The topological polar surface area (TPSA) is 45.1 Å². The number of carbonyl (C=O) groups is 1. The second-order valence-corrected chi connectivity index (χ2v) is 3.17. The van der Waals surface area contributed by atoms with Crippen LogP contribution in [0.25, 0.3) is 0 Å². The van der Waals surface area contributed by atoms with Crippen molar-refractivity contribution in [3.05, 3.63) is 7.11 Å². The molecule has 0 aromatic rings. The van der Waals surface area contributed by atoms with Gasteiger partial charge in [0.1, 0.15) is 6.04 Å². The molecule has 1 rings (SSSR count). The Morgan fingerprint density at radius 1 is 1.79 bits per heavy atom. The molecule has 0 N–H and O–H groups in total. The Labute approximate surface area is 88.3 Å². The van der Waals surface area contributed by atoms with Crippen LogP contribution < -0.4 is 0 Å². The van der Waals surface area contributed by atoms with E-state index in [9.17, 15) is 4.79 Å². The van der Waals surface area contributed by atoms with Crippen molar-refractivity contribution in [1.82, 2.24) is 9.80 Å². The Morgan fingerprint density at radius 3 is 2.86 bits per heavy atom. The lowest BCUT2D eigenvalue weighted by atomic mass is 10.3. The van der Waals surface area contributed by atoms with Gasteiger partial charge in [-0.2, -0.15) is 0 Å². The third-order valence-electron chi connectivity index (χ3n) is 2.06. The minimum Gasteiger partial charge on any atom is -0.392 e. The highest BCUT2D eigenvalue weighted by Gasteiger charge is 2.38. The number of nitrogens with zero attached hydrogens (tertiary/aromatic N) is 3. The number of oxime groups is 1. The summed E-state index contributed by atoms with van der Waals surface area (Å²) in [6.45, 7) is 2.44. The lowest BCUT2D eigenvalue weighted by Gasteiger charge is -2.14. The number of likely N-dealkylation sites (N-methyl/N-ethyl adjacent to an activating group) is 2. The fourth-order valence-corrected chi connectivity index (χ4v) is 1.62. The lowest BCUT2D eigenvalue weighted by molar-refractivity contribution is -0.126. The molecule has 1 fully saturated rings. The number of rotatable bonds is 3. The first-order valence-corrected chi connectivity index (χ1v) is 4.57. The molecule has 1 saturated heterocycles. The molecule has 0 spiro atoms. The highest BCUT2D eigenvalue weighted by Crippen LogP contribution is 2.14.